The van der Waals surface area contributed by atoms with Gasteiger partial charge in [0, 0.05) is 19.5 Å². The molecule has 1 aliphatic carbocycles. The van der Waals surface area contributed by atoms with Gasteiger partial charge >= 0.3 is 6.09 Å². The highest BCUT2D eigenvalue weighted by Crippen LogP contribution is 2.41. The minimum atomic E-state index is -0.471. The lowest BCUT2D eigenvalue weighted by atomic mass is 9.93. The lowest BCUT2D eigenvalue weighted by Crippen LogP contribution is -2.42. The number of carbonyl (C=O) groups is 2. The molecule has 5 nitrogen and oxygen atoms in total. The van der Waals surface area contributed by atoms with Crippen LogP contribution in [0.5, 0.6) is 0 Å². The highest BCUT2D eigenvalue weighted by atomic mass is 16.6. The lowest BCUT2D eigenvalue weighted by Gasteiger charge is -2.33. The first-order chi connectivity index (χ1) is 13.2. The van der Waals surface area contributed by atoms with Crippen LogP contribution in [0, 0.1) is 18.8 Å². The molecule has 28 heavy (non-hydrogen) atoms. The molecule has 0 bridgehead atoms. The molecule has 1 heterocycles. The number of aryl methyl sites for hydroxylation is 1. The Morgan fingerprint density at radius 2 is 1.71 bits per heavy atom. The molecular formula is C23H34N2O3. The van der Waals surface area contributed by atoms with Crippen molar-refractivity contribution in [1.29, 1.82) is 0 Å². The molecule has 2 fully saturated rings. The van der Waals surface area contributed by atoms with Crippen LogP contribution in [0.25, 0.3) is 0 Å². The summed E-state index contributed by atoms with van der Waals surface area (Å²) in [7, 11) is 0. The summed E-state index contributed by atoms with van der Waals surface area (Å²) in [6.45, 7) is 9.05. The van der Waals surface area contributed by atoms with Crippen molar-refractivity contribution in [3.05, 3.63) is 35.4 Å². The second kappa shape index (κ2) is 8.54. The number of nitrogens with zero attached hydrogens (tertiary/aromatic N) is 1. The Labute approximate surface area is 168 Å². The summed E-state index contributed by atoms with van der Waals surface area (Å²) in [6.07, 6.45) is 4.37. The Morgan fingerprint density at radius 1 is 1.11 bits per heavy atom. The minimum absolute atomic E-state index is 0.133. The van der Waals surface area contributed by atoms with Crippen LogP contribution in [0.15, 0.2) is 24.3 Å². The molecule has 5 heteroatoms. The van der Waals surface area contributed by atoms with Crippen molar-refractivity contribution in [2.45, 2.75) is 71.4 Å². The van der Waals surface area contributed by atoms with Crippen molar-refractivity contribution in [2.24, 2.45) is 11.8 Å². The zero-order valence-electron chi connectivity index (χ0n) is 17.7. The van der Waals surface area contributed by atoms with Gasteiger partial charge in [0.2, 0.25) is 5.91 Å². The molecule has 0 aromatic heterocycles. The molecule has 2 amide bonds. The summed E-state index contributed by atoms with van der Waals surface area (Å²) in [4.78, 5) is 26.6. The monoisotopic (exact) mass is 386 g/mol. The summed E-state index contributed by atoms with van der Waals surface area (Å²) in [6, 6.07) is 8.64. The molecule has 1 aliphatic heterocycles. The zero-order valence-corrected chi connectivity index (χ0v) is 17.7. The van der Waals surface area contributed by atoms with Gasteiger partial charge in [-0.2, -0.15) is 0 Å². The van der Waals surface area contributed by atoms with E-state index in [1.807, 2.05) is 20.8 Å². The number of benzene rings is 1. The highest BCUT2D eigenvalue weighted by Gasteiger charge is 2.34. The van der Waals surface area contributed by atoms with E-state index in [4.69, 9.17) is 4.74 Å². The number of rotatable bonds is 5. The van der Waals surface area contributed by atoms with Crippen LogP contribution in [0.3, 0.4) is 0 Å². The first-order valence-corrected chi connectivity index (χ1v) is 10.5. The van der Waals surface area contributed by atoms with Gasteiger partial charge in [-0.3, -0.25) is 4.79 Å². The van der Waals surface area contributed by atoms with E-state index in [9.17, 15) is 9.59 Å². The van der Waals surface area contributed by atoms with Gasteiger partial charge in [0.05, 0.1) is 6.04 Å². The first-order valence-electron chi connectivity index (χ1n) is 10.5. The normalized spacial score (nSPS) is 19.2. The van der Waals surface area contributed by atoms with E-state index in [0.717, 1.165) is 12.8 Å². The number of carbonyl (C=O) groups excluding carboxylic acids is 2. The van der Waals surface area contributed by atoms with Gasteiger partial charge in [0.25, 0.3) is 0 Å². The topological polar surface area (TPSA) is 58.6 Å². The van der Waals surface area contributed by atoms with Crippen molar-refractivity contribution in [3.63, 3.8) is 0 Å². The van der Waals surface area contributed by atoms with Crippen molar-refractivity contribution < 1.29 is 14.3 Å². The molecule has 1 aromatic carbocycles. The van der Waals surface area contributed by atoms with Gasteiger partial charge < -0.3 is 15.0 Å². The quantitative estimate of drug-likeness (QED) is 0.804. The molecule has 1 N–H and O–H groups in total. The Hall–Kier alpha value is -2.04. The number of ether oxygens (including phenoxy) is 1. The van der Waals surface area contributed by atoms with Crippen LogP contribution in [-0.4, -0.2) is 35.6 Å². The van der Waals surface area contributed by atoms with E-state index in [1.54, 1.807) is 4.90 Å². The number of hydrogen-bond donors (Lipinski definition) is 1. The van der Waals surface area contributed by atoms with Crippen molar-refractivity contribution in [3.8, 4) is 0 Å². The van der Waals surface area contributed by atoms with Crippen molar-refractivity contribution in [1.82, 2.24) is 10.2 Å². The van der Waals surface area contributed by atoms with Crippen molar-refractivity contribution >= 4 is 12.0 Å². The Morgan fingerprint density at radius 3 is 2.25 bits per heavy atom. The Bertz CT molecular complexity index is 681. The fourth-order valence-corrected chi connectivity index (χ4v) is 3.82. The number of likely N-dealkylation sites (tertiary alicyclic amines) is 1. The van der Waals surface area contributed by atoms with Gasteiger partial charge in [-0.1, -0.05) is 29.8 Å². The van der Waals surface area contributed by atoms with Gasteiger partial charge in [-0.05, 0) is 70.8 Å². The third-order valence-corrected chi connectivity index (χ3v) is 5.59. The van der Waals surface area contributed by atoms with Gasteiger partial charge in [0.1, 0.15) is 5.60 Å². The van der Waals surface area contributed by atoms with Crippen LogP contribution in [0.2, 0.25) is 0 Å². The van der Waals surface area contributed by atoms with E-state index < -0.39 is 5.60 Å². The lowest BCUT2D eigenvalue weighted by molar-refractivity contribution is -0.123. The third-order valence-electron chi connectivity index (χ3n) is 5.59. The molecule has 1 saturated carbocycles. The molecule has 1 aromatic rings. The summed E-state index contributed by atoms with van der Waals surface area (Å²) in [5.74, 6) is 1.03. The second-order valence-electron chi connectivity index (χ2n) is 9.41. The molecule has 2 aliphatic rings. The van der Waals surface area contributed by atoms with Gasteiger partial charge in [-0.25, -0.2) is 4.79 Å². The fraction of sp³-hybridized carbons (Fsp3) is 0.652. The Kier molecular flexibility index (Phi) is 6.31. The van der Waals surface area contributed by atoms with Crippen molar-refractivity contribution in [2.75, 3.05) is 13.1 Å². The molecule has 154 valence electrons. The van der Waals surface area contributed by atoms with E-state index in [1.165, 1.54) is 24.0 Å². The first kappa shape index (κ1) is 20.7. The van der Waals surface area contributed by atoms with E-state index in [2.05, 4.69) is 36.5 Å². The minimum Gasteiger partial charge on any atom is -0.444 e. The average molecular weight is 387 g/mol. The average Bonchev–Trinajstić information content (AvgIpc) is 3.45. The van der Waals surface area contributed by atoms with Crippen LogP contribution >= 0.6 is 0 Å². The number of amides is 2. The summed E-state index contributed by atoms with van der Waals surface area (Å²) < 4.78 is 5.44. The summed E-state index contributed by atoms with van der Waals surface area (Å²) >= 11 is 0. The Balaban J connectivity index is 1.47. The smallest absolute Gasteiger partial charge is 0.410 e. The van der Waals surface area contributed by atoms with Crippen LogP contribution in [0.4, 0.5) is 4.79 Å². The fourth-order valence-electron chi connectivity index (χ4n) is 3.82. The maximum atomic E-state index is 12.7. The molecule has 1 atom stereocenters. The summed E-state index contributed by atoms with van der Waals surface area (Å²) in [5.41, 5.74) is 1.98. The highest BCUT2D eigenvalue weighted by molar-refractivity contribution is 5.77. The predicted octanol–water partition coefficient (Wildman–Crippen LogP) is 4.60. The second-order valence-corrected chi connectivity index (χ2v) is 9.41. The van der Waals surface area contributed by atoms with Crippen LogP contribution in [-0.2, 0) is 9.53 Å². The molecule has 0 spiro atoms. The molecule has 0 radical (unpaired) electrons. The molecule has 3 rings (SSSR count). The number of nitrogens with one attached hydrogen (secondary N) is 1. The maximum absolute atomic E-state index is 12.7. The molecule has 1 saturated heterocycles. The van der Waals surface area contributed by atoms with E-state index in [-0.39, 0.29) is 18.0 Å². The number of hydrogen-bond acceptors (Lipinski definition) is 3. The number of piperidine rings is 1. The van der Waals surface area contributed by atoms with Crippen LogP contribution in [0.1, 0.15) is 70.0 Å². The molecular weight excluding hydrogens is 352 g/mol. The molecule has 1 unspecified atom stereocenters. The maximum Gasteiger partial charge on any atom is 0.410 e. The zero-order chi connectivity index (χ0) is 20.3. The van der Waals surface area contributed by atoms with Gasteiger partial charge in [-0.15, -0.1) is 0 Å². The largest absolute Gasteiger partial charge is 0.444 e. The summed E-state index contributed by atoms with van der Waals surface area (Å²) in [5, 5.41) is 3.28. The SMILES string of the molecule is Cc1ccc(C(NC(=O)CC2CCN(C(=O)OC(C)(C)C)CC2)C2CC2)cc1. The third kappa shape index (κ3) is 5.98. The van der Waals surface area contributed by atoms with Gasteiger partial charge in [0.15, 0.2) is 0 Å². The predicted molar refractivity (Wildman–Crippen MR) is 110 cm³/mol. The van der Waals surface area contributed by atoms with E-state index >= 15 is 0 Å². The van der Waals surface area contributed by atoms with E-state index in [0.29, 0.717) is 31.3 Å². The van der Waals surface area contributed by atoms with Crippen LogP contribution < -0.4 is 5.32 Å². The standard InChI is InChI=1S/C23H34N2O3/c1-16-5-7-18(8-6-16)21(19-9-10-19)24-20(26)15-17-11-13-25(14-12-17)22(27)28-23(2,3)4/h5-8,17,19,21H,9-15H2,1-4H3,(H,24,26).